The maximum Gasteiger partial charge on any atom is 0.335 e. The Kier molecular flexibility index (Phi) is 6.22. The third-order valence-electron chi connectivity index (χ3n) is 4.67. The Morgan fingerprint density at radius 2 is 1.85 bits per heavy atom. The summed E-state index contributed by atoms with van der Waals surface area (Å²) in [6, 6.07) is 7.00. The second kappa shape index (κ2) is 8.80. The van der Waals surface area contributed by atoms with Gasteiger partial charge in [-0.05, 0) is 37.8 Å². The molecule has 1 aromatic rings. The summed E-state index contributed by atoms with van der Waals surface area (Å²) in [6.07, 6.45) is 5.07. The van der Waals surface area contributed by atoms with E-state index in [4.69, 9.17) is 9.47 Å². The van der Waals surface area contributed by atoms with Crippen LogP contribution in [0.15, 0.2) is 24.3 Å². The van der Waals surface area contributed by atoms with E-state index in [2.05, 4.69) is 10.6 Å². The molecule has 2 amide bonds. The molecule has 3 rings (SSSR count). The van der Waals surface area contributed by atoms with Crippen LogP contribution in [0.1, 0.15) is 48.9 Å². The van der Waals surface area contributed by atoms with Gasteiger partial charge in [-0.2, -0.15) is 0 Å². The molecular weight excluding hydrogens is 336 g/mol. The van der Waals surface area contributed by atoms with Crippen molar-refractivity contribution in [3.63, 3.8) is 0 Å². The van der Waals surface area contributed by atoms with Crippen LogP contribution in [0, 0.1) is 0 Å². The lowest BCUT2D eigenvalue weighted by atomic mass is 10.1. The van der Waals surface area contributed by atoms with E-state index in [1.165, 1.54) is 0 Å². The lowest BCUT2D eigenvalue weighted by molar-refractivity contribution is -0.156. The number of esters is 1. The molecular formula is C19H24N2O5. The highest BCUT2D eigenvalue weighted by Crippen LogP contribution is 2.20. The summed E-state index contributed by atoms with van der Waals surface area (Å²) in [5.74, 6) is -1.22. The topological polar surface area (TPSA) is 93.7 Å². The zero-order valence-electron chi connectivity index (χ0n) is 14.7. The number of ether oxygens (including phenoxy) is 2. The number of hydrogen-bond donors (Lipinski definition) is 2. The maximum atomic E-state index is 12.5. The van der Waals surface area contributed by atoms with E-state index in [9.17, 15) is 14.4 Å². The summed E-state index contributed by atoms with van der Waals surface area (Å²) < 4.78 is 10.2. The van der Waals surface area contributed by atoms with Crippen molar-refractivity contribution in [3.05, 3.63) is 29.8 Å². The van der Waals surface area contributed by atoms with Gasteiger partial charge >= 0.3 is 5.97 Å². The molecule has 1 unspecified atom stereocenters. The molecule has 2 aliphatic rings. The number of carbonyl (C=O) groups is 3. The molecule has 1 aliphatic heterocycles. The fourth-order valence-electron chi connectivity index (χ4n) is 3.30. The van der Waals surface area contributed by atoms with E-state index < -0.39 is 24.6 Å². The number of carbonyl (C=O) groups excluding carboxylic acids is 3. The summed E-state index contributed by atoms with van der Waals surface area (Å²) >= 11 is 0. The van der Waals surface area contributed by atoms with Crippen molar-refractivity contribution in [2.75, 3.05) is 18.5 Å². The Labute approximate surface area is 152 Å². The van der Waals surface area contributed by atoms with E-state index in [1.54, 1.807) is 24.3 Å². The van der Waals surface area contributed by atoms with Crippen molar-refractivity contribution in [3.8, 4) is 0 Å². The van der Waals surface area contributed by atoms with Gasteiger partial charge in [0.2, 0.25) is 0 Å². The fraction of sp³-hybridized carbons (Fsp3) is 0.526. The third-order valence-corrected chi connectivity index (χ3v) is 4.67. The monoisotopic (exact) mass is 360 g/mol. The van der Waals surface area contributed by atoms with Crippen molar-refractivity contribution in [1.29, 1.82) is 0 Å². The molecule has 1 atom stereocenters. The quantitative estimate of drug-likeness (QED) is 0.757. The summed E-state index contributed by atoms with van der Waals surface area (Å²) in [5, 5.41) is 5.65. The minimum absolute atomic E-state index is 0.193. The molecule has 1 saturated heterocycles. The van der Waals surface area contributed by atoms with Gasteiger partial charge in [0.25, 0.3) is 11.8 Å². The van der Waals surface area contributed by atoms with Crippen LogP contribution in [0.5, 0.6) is 0 Å². The van der Waals surface area contributed by atoms with Gasteiger partial charge in [0.1, 0.15) is 0 Å². The number of anilines is 1. The Morgan fingerprint density at radius 3 is 2.58 bits per heavy atom. The van der Waals surface area contributed by atoms with Gasteiger partial charge in [0, 0.05) is 12.6 Å². The first-order chi connectivity index (χ1) is 12.6. The lowest BCUT2D eigenvalue weighted by Gasteiger charge is -2.15. The highest BCUT2D eigenvalue weighted by molar-refractivity contribution is 6.04. The molecule has 2 N–H and O–H groups in total. The largest absolute Gasteiger partial charge is 0.454 e. The number of hydrogen-bond acceptors (Lipinski definition) is 5. The van der Waals surface area contributed by atoms with Crippen LogP contribution in [0.25, 0.3) is 0 Å². The molecule has 7 nitrogen and oxygen atoms in total. The van der Waals surface area contributed by atoms with Gasteiger partial charge in [0.15, 0.2) is 12.7 Å². The Morgan fingerprint density at radius 1 is 1.08 bits per heavy atom. The molecule has 7 heteroatoms. The van der Waals surface area contributed by atoms with Crippen molar-refractivity contribution >= 4 is 23.5 Å². The minimum Gasteiger partial charge on any atom is -0.454 e. The first-order valence-electron chi connectivity index (χ1n) is 9.11. The minimum atomic E-state index is -0.577. The molecule has 0 bridgehead atoms. The molecule has 0 radical (unpaired) electrons. The Bertz CT molecular complexity index is 664. The van der Waals surface area contributed by atoms with Crippen LogP contribution in [0.4, 0.5) is 5.69 Å². The number of amides is 2. The number of nitrogens with one attached hydrogen (secondary N) is 2. The molecule has 26 heavy (non-hydrogen) atoms. The molecule has 1 saturated carbocycles. The van der Waals surface area contributed by atoms with Gasteiger partial charge in [-0.15, -0.1) is 0 Å². The van der Waals surface area contributed by atoms with E-state index in [-0.39, 0.29) is 11.9 Å². The summed E-state index contributed by atoms with van der Waals surface area (Å²) in [6.45, 7) is 0.132. The normalized spacial score (nSPS) is 19.9. The molecule has 1 heterocycles. The van der Waals surface area contributed by atoms with Gasteiger partial charge in [-0.1, -0.05) is 25.0 Å². The predicted octanol–water partition coefficient (Wildman–Crippen LogP) is 2.02. The first kappa shape index (κ1) is 18.4. The molecule has 2 fully saturated rings. The van der Waals surface area contributed by atoms with Gasteiger partial charge in [0.05, 0.1) is 11.3 Å². The lowest BCUT2D eigenvalue weighted by Crippen LogP contribution is -2.33. The zero-order chi connectivity index (χ0) is 18.4. The van der Waals surface area contributed by atoms with Crippen LogP contribution in [-0.2, 0) is 19.1 Å². The Balaban J connectivity index is 1.54. The van der Waals surface area contributed by atoms with E-state index in [1.807, 2.05) is 0 Å². The summed E-state index contributed by atoms with van der Waals surface area (Å²) in [5.41, 5.74) is 0.805. The second-order valence-corrected chi connectivity index (χ2v) is 6.66. The highest BCUT2D eigenvalue weighted by atomic mass is 16.6. The van der Waals surface area contributed by atoms with Crippen LogP contribution in [0.3, 0.4) is 0 Å². The zero-order valence-corrected chi connectivity index (χ0v) is 14.7. The molecule has 0 aromatic heterocycles. The summed E-state index contributed by atoms with van der Waals surface area (Å²) in [4.78, 5) is 36.3. The van der Waals surface area contributed by atoms with Crippen LogP contribution < -0.4 is 10.6 Å². The fourth-order valence-corrected chi connectivity index (χ4v) is 3.30. The van der Waals surface area contributed by atoms with Crippen LogP contribution in [0.2, 0.25) is 0 Å². The second-order valence-electron chi connectivity index (χ2n) is 6.66. The highest BCUT2D eigenvalue weighted by Gasteiger charge is 2.26. The van der Waals surface area contributed by atoms with Crippen LogP contribution in [-0.4, -0.2) is 43.1 Å². The van der Waals surface area contributed by atoms with Crippen molar-refractivity contribution in [2.45, 2.75) is 50.7 Å². The standard InChI is InChI=1S/C19H24N2O5/c22-17(12-26-19(24)16-10-5-11-25-16)21-15-9-4-3-8-14(15)18(23)20-13-6-1-2-7-13/h3-4,8-9,13,16H,1-2,5-7,10-12H2,(H,20,23)(H,21,22). The van der Waals surface area contributed by atoms with Crippen molar-refractivity contribution in [1.82, 2.24) is 5.32 Å². The predicted molar refractivity (Wildman–Crippen MR) is 94.7 cm³/mol. The van der Waals surface area contributed by atoms with Crippen molar-refractivity contribution in [2.24, 2.45) is 0 Å². The molecule has 1 aliphatic carbocycles. The molecule has 0 spiro atoms. The summed E-state index contributed by atoms with van der Waals surface area (Å²) in [7, 11) is 0. The van der Waals surface area contributed by atoms with E-state index in [0.29, 0.717) is 24.3 Å². The van der Waals surface area contributed by atoms with Gasteiger partial charge in [-0.25, -0.2) is 4.79 Å². The number of benzene rings is 1. The van der Waals surface area contributed by atoms with E-state index in [0.717, 1.165) is 32.1 Å². The van der Waals surface area contributed by atoms with Gasteiger partial charge < -0.3 is 20.1 Å². The van der Waals surface area contributed by atoms with E-state index >= 15 is 0 Å². The SMILES string of the molecule is O=C(COC(=O)C1CCCO1)Nc1ccccc1C(=O)NC1CCCC1. The van der Waals surface area contributed by atoms with Gasteiger partial charge in [-0.3, -0.25) is 9.59 Å². The van der Waals surface area contributed by atoms with Crippen molar-refractivity contribution < 1.29 is 23.9 Å². The average Bonchev–Trinajstić information content (AvgIpc) is 3.34. The van der Waals surface area contributed by atoms with Crippen LogP contribution >= 0.6 is 0 Å². The average molecular weight is 360 g/mol. The third kappa shape index (κ3) is 4.82. The smallest absolute Gasteiger partial charge is 0.335 e. The Hall–Kier alpha value is -2.41. The first-order valence-corrected chi connectivity index (χ1v) is 9.11. The molecule has 140 valence electrons. The molecule has 1 aromatic carbocycles. The maximum absolute atomic E-state index is 12.5. The number of para-hydroxylation sites is 1. The number of rotatable bonds is 6.